The van der Waals surface area contributed by atoms with Gasteiger partial charge in [0, 0.05) is 6.42 Å². The van der Waals surface area contributed by atoms with Crippen LogP contribution in [0, 0.1) is 0 Å². The van der Waals surface area contributed by atoms with Gasteiger partial charge in [0.1, 0.15) is 24.4 Å². The van der Waals surface area contributed by atoms with Crippen molar-refractivity contribution in [2.24, 2.45) is 0 Å². The Labute approximate surface area is 331 Å². The average molecular weight is 770 g/mol. The molecule has 0 bridgehead atoms. The van der Waals surface area contributed by atoms with Gasteiger partial charge in [0.2, 0.25) is 5.91 Å². The summed E-state index contributed by atoms with van der Waals surface area (Å²) >= 11 is 0. The molecule has 54 heavy (non-hydrogen) atoms. The monoisotopic (exact) mass is 770 g/mol. The molecule has 0 spiro atoms. The molecule has 7 atom stereocenters. The zero-order valence-electron chi connectivity index (χ0n) is 35.0. The molecular formula is C45H87NO8. The number of amides is 1. The molecule has 0 radical (unpaired) electrons. The molecule has 9 heteroatoms. The first-order chi connectivity index (χ1) is 26.3. The molecular weight excluding hydrogens is 682 g/mol. The Bertz CT molecular complexity index is 858. The second-order valence-electron chi connectivity index (χ2n) is 16.2. The number of unbranched alkanes of at least 4 members (excludes halogenated alkanes) is 28. The van der Waals surface area contributed by atoms with Crippen molar-refractivity contribution in [3.8, 4) is 0 Å². The molecule has 6 N–H and O–H groups in total. The molecule has 0 aromatic rings. The number of hydrogen-bond donors (Lipinski definition) is 6. The first kappa shape index (κ1) is 50.9. The Morgan fingerprint density at radius 3 is 1.44 bits per heavy atom. The van der Waals surface area contributed by atoms with Crippen molar-refractivity contribution in [1.82, 2.24) is 5.32 Å². The number of carbonyl (C=O) groups is 1. The van der Waals surface area contributed by atoms with Crippen LogP contribution in [0.15, 0.2) is 12.2 Å². The summed E-state index contributed by atoms with van der Waals surface area (Å²) in [6, 6.07) is -0.797. The van der Waals surface area contributed by atoms with Gasteiger partial charge in [0.25, 0.3) is 0 Å². The van der Waals surface area contributed by atoms with Gasteiger partial charge >= 0.3 is 0 Å². The number of rotatable bonds is 38. The van der Waals surface area contributed by atoms with Gasteiger partial charge in [-0.3, -0.25) is 4.79 Å². The largest absolute Gasteiger partial charge is 0.394 e. The minimum absolute atomic E-state index is 0.175. The van der Waals surface area contributed by atoms with Crippen LogP contribution in [0.3, 0.4) is 0 Å². The van der Waals surface area contributed by atoms with Crippen LogP contribution < -0.4 is 5.32 Å². The number of nitrogens with one attached hydrogen (secondary N) is 1. The van der Waals surface area contributed by atoms with Crippen molar-refractivity contribution >= 4 is 5.91 Å². The molecule has 1 rings (SSSR count). The number of ether oxygens (including phenoxy) is 2. The Balaban J connectivity index is 2.26. The number of aliphatic hydroxyl groups is 5. The Morgan fingerprint density at radius 2 is 1.02 bits per heavy atom. The molecule has 1 amide bonds. The molecule has 1 fully saturated rings. The van der Waals surface area contributed by atoms with Crippen LogP contribution in [0.4, 0.5) is 0 Å². The smallest absolute Gasteiger partial charge is 0.220 e. The quantitative estimate of drug-likeness (QED) is 0.0269. The second kappa shape index (κ2) is 36.3. The van der Waals surface area contributed by atoms with E-state index in [9.17, 15) is 30.3 Å². The molecule has 0 aromatic carbocycles. The van der Waals surface area contributed by atoms with Crippen molar-refractivity contribution < 1.29 is 39.8 Å². The van der Waals surface area contributed by atoms with Gasteiger partial charge in [-0.25, -0.2) is 0 Å². The van der Waals surface area contributed by atoms with Crippen molar-refractivity contribution in [3.05, 3.63) is 12.2 Å². The molecule has 1 saturated heterocycles. The van der Waals surface area contributed by atoms with Crippen molar-refractivity contribution in [3.63, 3.8) is 0 Å². The molecule has 1 heterocycles. The topological polar surface area (TPSA) is 149 Å². The number of hydrogen-bond acceptors (Lipinski definition) is 8. The van der Waals surface area contributed by atoms with E-state index in [0.717, 1.165) is 38.5 Å². The highest BCUT2D eigenvalue weighted by Crippen LogP contribution is 2.23. The maximum atomic E-state index is 12.9. The summed E-state index contributed by atoms with van der Waals surface area (Å²) in [7, 11) is 0. The molecule has 0 aromatic heterocycles. The van der Waals surface area contributed by atoms with Crippen LogP contribution in [0.5, 0.6) is 0 Å². The minimum atomic E-state index is -1.56. The van der Waals surface area contributed by atoms with E-state index < -0.39 is 49.5 Å². The van der Waals surface area contributed by atoms with E-state index in [1.807, 2.05) is 6.08 Å². The van der Waals surface area contributed by atoms with Gasteiger partial charge in [0.05, 0.1) is 25.4 Å². The van der Waals surface area contributed by atoms with E-state index in [0.29, 0.717) is 6.42 Å². The Kier molecular flexibility index (Phi) is 34.2. The van der Waals surface area contributed by atoms with Gasteiger partial charge < -0.3 is 40.3 Å². The lowest BCUT2D eigenvalue weighted by atomic mass is 9.99. The third kappa shape index (κ3) is 26.7. The predicted octanol–water partition coefficient (Wildman–Crippen LogP) is 9.34. The summed E-state index contributed by atoms with van der Waals surface area (Å²) in [5.74, 6) is -0.175. The third-order valence-electron chi connectivity index (χ3n) is 11.1. The zero-order chi connectivity index (χ0) is 39.5. The zero-order valence-corrected chi connectivity index (χ0v) is 35.0. The molecule has 1 aliphatic heterocycles. The minimum Gasteiger partial charge on any atom is -0.394 e. The molecule has 0 aliphatic carbocycles. The van der Waals surface area contributed by atoms with Gasteiger partial charge in [-0.05, 0) is 19.3 Å². The second-order valence-corrected chi connectivity index (χ2v) is 16.2. The maximum absolute atomic E-state index is 12.9. The SMILES string of the molecule is CCCCCCCCCC/C=C/[C@@H](O)[C@H](CO[C@@H]1O[C@H](CO)[C@@H](O)C(O)C1O)NC(=O)CCCCCCCCCCCCCCCCCCCCCCC. The molecule has 2 unspecified atom stereocenters. The van der Waals surface area contributed by atoms with E-state index in [2.05, 4.69) is 19.2 Å². The summed E-state index contributed by atoms with van der Waals surface area (Å²) in [6.45, 7) is 3.76. The summed E-state index contributed by atoms with van der Waals surface area (Å²) in [4.78, 5) is 12.9. The average Bonchev–Trinajstić information content (AvgIpc) is 3.17. The molecule has 9 nitrogen and oxygen atoms in total. The first-order valence-corrected chi connectivity index (χ1v) is 22.9. The fourth-order valence-corrected chi connectivity index (χ4v) is 7.39. The molecule has 1 aliphatic rings. The van der Waals surface area contributed by atoms with Gasteiger partial charge in [-0.1, -0.05) is 199 Å². The van der Waals surface area contributed by atoms with Crippen LogP contribution in [0.1, 0.15) is 213 Å². The van der Waals surface area contributed by atoms with Gasteiger partial charge in [-0.15, -0.1) is 0 Å². The standard InChI is InChI=1S/C45H87NO8/c1-3-5-7-9-11-13-15-16-17-18-19-20-21-22-23-24-25-27-29-31-33-35-41(49)46-38(37-53-45-44(52)43(51)42(50)40(36-47)54-45)39(48)34-32-30-28-26-14-12-10-8-6-4-2/h32,34,38-40,42-45,47-48,50-52H,3-31,33,35-37H2,1-2H3,(H,46,49)/b34-32+/t38-,39+,40+,42+,43?,44?,45+/m0/s1. The van der Waals surface area contributed by atoms with E-state index in [-0.39, 0.29) is 12.5 Å². The van der Waals surface area contributed by atoms with Gasteiger partial charge in [0.15, 0.2) is 6.29 Å². The highest BCUT2D eigenvalue weighted by molar-refractivity contribution is 5.76. The maximum Gasteiger partial charge on any atom is 0.220 e. The Hall–Kier alpha value is -1.07. The number of carbonyl (C=O) groups excluding carboxylic acids is 1. The van der Waals surface area contributed by atoms with E-state index in [1.165, 1.54) is 154 Å². The van der Waals surface area contributed by atoms with Crippen LogP contribution in [-0.2, 0) is 14.3 Å². The molecule has 0 saturated carbocycles. The molecule has 320 valence electrons. The lowest BCUT2D eigenvalue weighted by Gasteiger charge is -2.40. The van der Waals surface area contributed by atoms with E-state index >= 15 is 0 Å². The fourth-order valence-electron chi connectivity index (χ4n) is 7.39. The summed E-state index contributed by atoms with van der Waals surface area (Å²) in [5.41, 5.74) is 0. The number of aliphatic hydroxyl groups excluding tert-OH is 5. The van der Waals surface area contributed by atoms with Crippen molar-refractivity contribution in [1.29, 1.82) is 0 Å². The number of allylic oxidation sites excluding steroid dienone is 1. The van der Waals surface area contributed by atoms with Crippen LogP contribution in [0.25, 0.3) is 0 Å². The summed E-state index contributed by atoms with van der Waals surface area (Å²) in [6.07, 6.45) is 34.1. The van der Waals surface area contributed by atoms with E-state index in [1.54, 1.807) is 6.08 Å². The Morgan fingerprint density at radius 1 is 0.611 bits per heavy atom. The van der Waals surface area contributed by atoms with Crippen molar-refractivity contribution in [2.75, 3.05) is 13.2 Å². The highest BCUT2D eigenvalue weighted by atomic mass is 16.7. The summed E-state index contributed by atoms with van der Waals surface area (Å²) in [5, 5.41) is 54.0. The van der Waals surface area contributed by atoms with Crippen LogP contribution in [-0.4, -0.2) is 87.5 Å². The summed E-state index contributed by atoms with van der Waals surface area (Å²) < 4.78 is 11.2. The normalized spacial score (nSPS) is 21.5. The van der Waals surface area contributed by atoms with Crippen LogP contribution in [0.2, 0.25) is 0 Å². The lowest BCUT2D eigenvalue weighted by Crippen LogP contribution is -2.60. The fraction of sp³-hybridized carbons (Fsp3) is 0.933. The first-order valence-electron chi connectivity index (χ1n) is 22.9. The van der Waals surface area contributed by atoms with Crippen LogP contribution >= 0.6 is 0 Å². The lowest BCUT2D eigenvalue weighted by molar-refractivity contribution is -0.302. The highest BCUT2D eigenvalue weighted by Gasteiger charge is 2.44. The predicted molar refractivity (Wildman–Crippen MR) is 221 cm³/mol. The van der Waals surface area contributed by atoms with Gasteiger partial charge in [-0.2, -0.15) is 0 Å². The third-order valence-corrected chi connectivity index (χ3v) is 11.1. The van der Waals surface area contributed by atoms with E-state index in [4.69, 9.17) is 9.47 Å². The van der Waals surface area contributed by atoms with Crippen molar-refractivity contribution in [2.45, 2.75) is 256 Å².